The number of rotatable bonds is 10. The summed E-state index contributed by atoms with van der Waals surface area (Å²) in [5.74, 6) is -0.515. The predicted octanol–water partition coefficient (Wildman–Crippen LogP) is 3.67. The Balaban J connectivity index is 2.18. The maximum Gasteiger partial charge on any atom is 0.242 e. The molecule has 1 N–H and O–H groups in total. The first-order chi connectivity index (χ1) is 15.5. The van der Waals surface area contributed by atoms with Crippen molar-refractivity contribution in [2.45, 2.75) is 46.2 Å². The van der Waals surface area contributed by atoms with E-state index in [1.165, 1.54) is 16.3 Å². The van der Waals surface area contributed by atoms with Gasteiger partial charge in [0, 0.05) is 31.6 Å². The first-order valence-electron chi connectivity index (χ1n) is 10.7. The monoisotopic (exact) mass is 493 g/mol. The predicted molar refractivity (Wildman–Crippen MR) is 133 cm³/mol. The van der Waals surface area contributed by atoms with Gasteiger partial charge >= 0.3 is 0 Å². The van der Waals surface area contributed by atoms with Crippen molar-refractivity contribution >= 4 is 39.1 Å². The van der Waals surface area contributed by atoms with Gasteiger partial charge in [-0.2, -0.15) is 0 Å². The molecule has 0 aliphatic rings. The van der Waals surface area contributed by atoms with E-state index in [1.54, 1.807) is 31.2 Å². The smallest absolute Gasteiger partial charge is 0.242 e. The van der Waals surface area contributed by atoms with Gasteiger partial charge in [-0.25, -0.2) is 8.42 Å². The molecule has 9 heteroatoms. The number of aryl methyl sites for hydroxylation is 1. The number of benzene rings is 2. The summed E-state index contributed by atoms with van der Waals surface area (Å²) in [4.78, 5) is 26.9. The summed E-state index contributed by atoms with van der Waals surface area (Å²) in [6.07, 6.45) is 1.57. The zero-order chi connectivity index (χ0) is 24.8. The molecule has 0 aliphatic carbocycles. The molecule has 2 aromatic carbocycles. The second-order valence-electron chi connectivity index (χ2n) is 8.10. The quantitative estimate of drug-likeness (QED) is 0.547. The first-order valence-corrected chi connectivity index (χ1v) is 13.0. The molecule has 0 radical (unpaired) electrons. The molecule has 2 aromatic rings. The van der Waals surface area contributed by atoms with E-state index in [0.29, 0.717) is 17.1 Å². The van der Waals surface area contributed by atoms with E-state index < -0.39 is 16.1 Å². The molecule has 0 fully saturated rings. The molecule has 2 amide bonds. The van der Waals surface area contributed by atoms with Gasteiger partial charge in [0.05, 0.1) is 11.9 Å². The molecule has 180 valence electrons. The molecule has 0 heterocycles. The Hall–Kier alpha value is -2.58. The molecule has 0 saturated carbocycles. The lowest BCUT2D eigenvalue weighted by Crippen LogP contribution is -2.46. The Bertz CT molecular complexity index is 1100. The highest BCUT2D eigenvalue weighted by Gasteiger charge is 2.26. The second-order valence-corrected chi connectivity index (χ2v) is 10.4. The van der Waals surface area contributed by atoms with Crippen molar-refractivity contribution in [1.29, 1.82) is 0 Å². The minimum atomic E-state index is -3.53. The van der Waals surface area contributed by atoms with Crippen LogP contribution in [0.25, 0.3) is 0 Å². The molecular formula is C24H32ClN3O4S. The summed E-state index contributed by atoms with van der Waals surface area (Å²) in [6.45, 7) is 5.86. The Morgan fingerprint density at radius 2 is 1.79 bits per heavy atom. The summed E-state index contributed by atoms with van der Waals surface area (Å²) in [7, 11) is -2.01. The van der Waals surface area contributed by atoms with Crippen LogP contribution in [0.15, 0.2) is 42.5 Å². The fraction of sp³-hybridized carbons (Fsp3) is 0.417. The number of anilines is 1. The van der Waals surface area contributed by atoms with Crippen LogP contribution in [0, 0.1) is 13.8 Å². The Labute approximate surface area is 201 Å². The van der Waals surface area contributed by atoms with E-state index in [4.69, 9.17) is 11.6 Å². The third kappa shape index (κ3) is 7.20. The molecule has 0 bridgehead atoms. The summed E-state index contributed by atoms with van der Waals surface area (Å²) in [5, 5.41) is 3.12. The Morgan fingerprint density at radius 1 is 1.12 bits per heavy atom. The van der Waals surface area contributed by atoms with Crippen LogP contribution in [-0.2, 0) is 26.2 Å². The van der Waals surface area contributed by atoms with Crippen LogP contribution < -0.4 is 9.62 Å². The van der Waals surface area contributed by atoms with Crippen LogP contribution in [-0.4, -0.2) is 51.0 Å². The number of carbonyl (C=O) groups is 2. The number of amides is 2. The van der Waals surface area contributed by atoms with Crippen molar-refractivity contribution in [1.82, 2.24) is 10.2 Å². The van der Waals surface area contributed by atoms with Crippen LogP contribution in [0.4, 0.5) is 5.69 Å². The zero-order valence-corrected chi connectivity index (χ0v) is 21.3. The maximum atomic E-state index is 13.1. The topological polar surface area (TPSA) is 86.8 Å². The van der Waals surface area contributed by atoms with E-state index in [2.05, 4.69) is 5.32 Å². The van der Waals surface area contributed by atoms with Crippen LogP contribution in [0.5, 0.6) is 0 Å². The molecule has 0 aliphatic heterocycles. The average molecular weight is 494 g/mol. The minimum absolute atomic E-state index is 0.0960. The lowest BCUT2D eigenvalue weighted by atomic mass is 10.1. The molecule has 1 unspecified atom stereocenters. The van der Waals surface area contributed by atoms with Gasteiger partial charge in [0.25, 0.3) is 0 Å². The van der Waals surface area contributed by atoms with Crippen LogP contribution in [0.2, 0.25) is 5.02 Å². The molecule has 0 aromatic heterocycles. The van der Waals surface area contributed by atoms with Crippen molar-refractivity contribution < 1.29 is 18.0 Å². The summed E-state index contributed by atoms with van der Waals surface area (Å²) in [5.41, 5.74) is 3.29. The summed E-state index contributed by atoms with van der Waals surface area (Å²) < 4.78 is 26.3. The van der Waals surface area contributed by atoms with Gasteiger partial charge in [0.15, 0.2) is 0 Å². The highest BCUT2D eigenvalue weighted by molar-refractivity contribution is 7.92. The van der Waals surface area contributed by atoms with Gasteiger partial charge in [-0.1, -0.05) is 35.9 Å². The fourth-order valence-electron chi connectivity index (χ4n) is 3.61. The van der Waals surface area contributed by atoms with E-state index in [1.807, 2.05) is 32.0 Å². The number of carbonyl (C=O) groups excluding carboxylic acids is 2. The molecule has 7 nitrogen and oxygen atoms in total. The first kappa shape index (κ1) is 26.7. The van der Waals surface area contributed by atoms with Gasteiger partial charge in [-0.05, 0) is 62.1 Å². The van der Waals surface area contributed by atoms with Crippen molar-refractivity contribution in [3.8, 4) is 0 Å². The largest absolute Gasteiger partial charge is 0.357 e. The number of sulfonamides is 1. The Kier molecular flexibility index (Phi) is 9.31. The van der Waals surface area contributed by atoms with Crippen LogP contribution in [0.3, 0.4) is 0 Å². The number of likely N-dealkylation sites (N-methyl/N-ethyl adjacent to an activating group) is 1. The molecule has 0 spiro atoms. The van der Waals surface area contributed by atoms with Crippen molar-refractivity contribution in [3.63, 3.8) is 0 Å². The number of hydrogen-bond donors (Lipinski definition) is 1. The van der Waals surface area contributed by atoms with Crippen molar-refractivity contribution in [2.24, 2.45) is 0 Å². The van der Waals surface area contributed by atoms with E-state index in [-0.39, 0.29) is 31.3 Å². The molecule has 33 heavy (non-hydrogen) atoms. The number of hydrogen-bond acceptors (Lipinski definition) is 4. The molecule has 0 saturated heterocycles. The lowest BCUT2D eigenvalue weighted by Gasteiger charge is -2.29. The van der Waals surface area contributed by atoms with Gasteiger partial charge < -0.3 is 10.2 Å². The van der Waals surface area contributed by atoms with Crippen molar-refractivity contribution in [3.05, 3.63) is 64.2 Å². The second kappa shape index (κ2) is 11.5. The summed E-state index contributed by atoms with van der Waals surface area (Å²) >= 11 is 6.08. The van der Waals surface area contributed by atoms with Gasteiger partial charge in [0.2, 0.25) is 21.8 Å². The van der Waals surface area contributed by atoms with E-state index >= 15 is 0 Å². The van der Waals surface area contributed by atoms with Crippen molar-refractivity contribution in [2.75, 3.05) is 24.2 Å². The standard InChI is InChI=1S/C24H32ClN3O4S/c1-17-9-6-12-22(18(17)2)28(33(5,31)32)14-8-13-23(29)27(19(3)24(30)26-4)16-20-10-7-11-21(25)15-20/h6-7,9-12,15,19H,8,13-14,16H2,1-5H3,(H,26,30). The normalized spacial score (nSPS) is 12.2. The van der Waals surface area contributed by atoms with E-state index in [0.717, 1.165) is 22.9 Å². The average Bonchev–Trinajstić information content (AvgIpc) is 2.75. The third-order valence-electron chi connectivity index (χ3n) is 5.65. The van der Waals surface area contributed by atoms with Gasteiger partial charge in [-0.15, -0.1) is 0 Å². The maximum absolute atomic E-state index is 13.1. The zero-order valence-electron chi connectivity index (χ0n) is 19.8. The fourth-order valence-corrected chi connectivity index (χ4v) is 4.84. The Morgan fingerprint density at radius 3 is 2.39 bits per heavy atom. The van der Waals surface area contributed by atoms with Crippen LogP contribution in [0.1, 0.15) is 36.5 Å². The number of nitrogens with one attached hydrogen (secondary N) is 1. The highest BCUT2D eigenvalue weighted by atomic mass is 35.5. The molecule has 1 atom stereocenters. The lowest BCUT2D eigenvalue weighted by molar-refractivity contribution is -0.140. The SMILES string of the molecule is CNC(=O)C(C)N(Cc1cccc(Cl)c1)C(=O)CCCN(c1cccc(C)c1C)S(C)(=O)=O. The third-order valence-corrected chi connectivity index (χ3v) is 7.07. The van der Waals surface area contributed by atoms with Gasteiger partial charge in [0.1, 0.15) is 6.04 Å². The molecule has 2 rings (SSSR count). The van der Waals surface area contributed by atoms with Crippen LogP contribution >= 0.6 is 11.6 Å². The number of halogens is 1. The highest BCUT2D eigenvalue weighted by Crippen LogP contribution is 2.25. The summed E-state index contributed by atoms with van der Waals surface area (Å²) in [6, 6.07) is 12.0. The minimum Gasteiger partial charge on any atom is -0.357 e. The van der Waals surface area contributed by atoms with E-state index in [9.17, 15) is 18.0 Å². The molecular weight excluding hydrogens is 462 g/mol. The number of nitrogens with zero attached hydrogens (tertiary/aromatic N) is 2. The van der Waals surface area contributed by atoms with Gasteiger partial charge in [-0.3, -0.25) is 13.9 Å².